The molecule has 6 nitrogen and oxygen atoms in total. The fourth-order valence-corrected chi connectivity index (χ4v) is 4.91. The van der Waals surface area contributed by atoms with Gasteiger partial charge in [-0.1, -0.05) is 0 Å². The van der Waals surface area contributed by atoms with Crippen LogP contribution in [0.4, 0.5) is 0 Å². The Hall–Kier alpha value is -0.630. The number of morpholine rings is 1. The van der Waals surface area contributed by atoms with E-state index in [4.69, 9.17) is 16.3 Å². The number of alkyl halides is 1. The summed E-state index contributed by atoms with van der Waals surface area (Å²) in [6.07, 6.45) is 1.92. The minimum absolute atomic E-state index is 0.0279. The van der Waals surface area contributed by atoms with Crippen LogP contribution in [0, 0.1) is 6.92 Å². The van der Waals surface area contributed by atoms with Crippen LogP contribution in [0.25, 0.3) is 0 Å². The van der Waals surface area contributed by atoms with Crippen LogP contribution in [-0.2, 0) is 20.6 Å². The van der Waals surface area contributed by atoms with Crippen molar-refractivity contribution in [2.75, 3.05) is 13.1 Å². The molecule has 2 fully saturated rings. The SMILES string of the molecule is Cc1[nH]nc(CCl)c1S(=O)(=O)N1CC2CCC(C1)O2. The van der Waals surface area contributed by atoms with Gasteiger partial charge in [-0.3, -0.25) is 5.10 Å². The molecule has 2 saturated heterocycles. The average Bonchev–Trinajstić information content (AvgIpc) is 2.92. The highest BCUT2D eigenvalue weighted by molar-refractivity contribution is 7.89. The Bertz CT molecular complexity index is 574. The van der Waals surface area contributed by atoms with Gasteiger partial charge in [-0.2, -0.15) is 9.40 Å². The highest BCUT2D eigenvalue weighted by Gasteiger charge is 2.41. The van der Waals surface area contributed by atoms with Crippen molar-refractivity contribution in [3.05, 3.63) is 11.4 Å². The quantitative estimate of drug-likeness (QED) is 0.846. The van der Waals surface area contributed by atoms with Crippen molar-refractivity contribution in [1.29, 1.82) is 0 Å². The summed E-state index contributed by atoms with van der Waals surface area (Å²) in [5, 5.41) is 6.65. The Balaban J connectivity index is 1.96. The van der Waals surface area contributed by atoms with Gasteiger partial charge in [0.15, 0.2) is 0 Å². The molecule has 19 heavy (non-hydrogen) atoms. The van der Waals surface area contributed by atoms with Crippen molar-refractivity contribution in [2.24, 2.45) is 0 Å². The van der Waals surface area contributed by atoms with Crippen LogP contribution >= 0.6 is 11.6 Å². The monoisotopic (exact) mass is 305 g/mol. The Morgan fingerprint density at radius 1 is 1.42 bits per heavy atom. The number of halogens is 1. The molecular weight excluding hydrogens is 290 g/mol. The van der Waals surface area contributed by atoms with Gasteiger partial charge >= 0.3 is 0 Å². The number of H-pyrrole nitrogens is 1. The van der Waals surface area contributed by atoms with E-state index in [0.717, 1.165) is 12.8 Å². The third-order valence-electron chi connectivity index (χ3n) is 3.70. The van der Waals surface area contributed by atoms with E-state index in [1.54, 1.807) is 6.92 Å². The normalized spacial score (nSPS) is 27.9. The van der Waals surface area contributed by atoms with Crippen molar-refractivity contribution in [1.82, 2.24) is 14.5 Å². The van der Waals surface area contributed by atoms with Crippen molar-refractivity contribution in [2.45, 2.75) is 42.7 Å². The predicted molar refractivity (Wildman–Crippen MR) is 69.5 cm³/mol. The highest BCUT2D eigenvalue weighted by Crippen LogP contribution is 2.31. The standard InChI is InChI=1S/C11H16ClN3O3S/c1-7-11(10(4-12)14-13-7)19(16,17)15-5-8-2-3-9(6-15)18-8/h8-9H,2-6H2,1H3,(H,13,14). The Morgan fingerprint density at radius 2 is 2.05 bits per heavy atom. The summed E-state index contributed by atoms with van der Waals surface area (Å²) in [6.45, 7) is 2.54. The Labute approximate surface area is 117 Å². The largest absolute Gasteiger partial charge is 0.372 e. The zero-order valence-corrected chi connectivity index (χ0v) is 12.2. The molecule has 0 radical (unpaired) electrons. The van der Waals surface area contributed by atoms with Gasteiger partial charge in [-0.25, -0.2) is 8.42 Å². The Morgan fingerprint density at radius 3 is 2.63 bits per heavy atom. The summed E-state index contributed by atoms with van der Waals surface area (Å²) >= 11 is 5.77. The summed E-state index contributed by atoms with van der Waals surface area (Å²) in [4.78, 5) is 0.226. The van der Waals surface area contributed by atoms with E-state index in [9.17, 15) is 8.42 Å². The fourth-order valence-electron chi connectivity index (χ4n) is 2.81. The van der Waals surface area contributed by atoms with E-state index in [1.807, 2.05) is 0 Å². The van der Waals surface area contributed by atoms with E-state index in [2.05, 4.69) is 10.2 Å². The highest BCUT2D eigenvalue weighted by atomic mass is 35.5. The summed E-state index contributed by atoms with van der Waals surface area (Å²) < 4.78 is 32.6. The Kier molecular flexibility index (Phi) is 3.33. The lowest BCUT2D eigenvalue weighted by atomic mass is 10.2. The van der Waals surface area contributed by atoms with Gasteiger partial charge in [-0.15, -0.1) is 11.6 Å². The molecule has 2 aliphatic rings. The van der Waals surface area contributed by atoms with Crippen LogP contribution in [-0.4, -0.2) is 48.2 Å². The summed E-state index contributed by atoms with van der Waals surface area (Å²) in [7, 11) is -3.54. The van der Waals surface area contributed by atoms with Crippen LogP contribution in [0.5, 0.6) is 0 Å². The molecule has 0 aliphatic carbocycles. The second kappa shape index (κ2) is 4.73. The molecule has 1 aromatic rings. The molecule has 0 aromatic carbocycles. The van der Waals surface area contributed by atoms with Crippen LogP contribution in [0.15, 0.2) is 4.90 Å². The van der Waals surface area contributed by atoms with Crippen LogP contribution in [0.1, 0.15) is 24.2 Å². The first kappa shape index (κ1) is 13.4. The van der Waals surface area contributed by atoms with Crippen LogP contribution in [0.2, 0.25) is 0 Å². The van der Waals surface area contributed by atoms with E-state index in [0.29, 0.717) is 24.5 Å². The zero-order valence-electron chi connectivity index (χ0n) is 10.6. The molecule has 3 heterocycles. The number of sulfonamides is 1. The van der Waals surface area contributed by atoms with Crippen LogP contribution in [0.3, 0.4) is 0 Å². The topological polar surface area (TPSA) is 75.3 Å². The maximum atomic E-state index is 12.7. The number of nitrogens with zero attached hydrogens (tertiary/aromatic N) is 2. The van der Waals surface area contributed by atoms with Gasteiger partial charge in [0.2, 0.25) is 10.0 Å². The molecule has 0 spiro atoms. The number of nitrogens with one attached hydrogen (secondary N) is 1. The zero-order chi connectivity index (χ0) is 13.6. The summed E-state index contributed by atoms with van der Waals surface area (Å²) in [5.41, 5.74) is 0.924. The number of aryl methyl sites for hydroxylation is 1. The number of hydrogen-bond acceptors (Lipinski definition) is 4. The smallest absolute Gasteiger partial charge is 0.246 e. The molecule has 0 amide bonds. The van der Waals surface area contributed by atoms with Gasteiger partial charge in [0.25, 0.3) is 0 Å². The van der Waals surface area contributed by atoms with E-state index in [1.165, 1.54) is 4.31 Å². The molecule has 3 rings (SSSR count). The number of hydrogen-bond donors (Lipinski definition) is 1. The molecule has 2 atom stereocenters. The molecule has 8 heteroatoms. The predicted octanol–water partition coefficient (Wildman–Crippen LogP) is 1.01. The first-order chi connectivity index (χ1) is 9.02. The summed E-state index contributed by atoms with van der Waals surface area (Å²) in [6, 6.07) is 0. The molecule has 0 saturated carbocycles. The second-order valence-electron chi connectivity index (χ2n) is 5.04. The molecule has 2 unspecified atom stereocenters. The number of ether oxygens (including phenoxy) is 1. The second-order valence-corrected chi connectivity index (χ2v) is 7.18. The first-order valence-corrected chi connectivity index (χ1v) is 8.25. The maximum Gasteiger partial charge on any atom is 0.246 e. The van der Waals surface area contributed by atoms with Gasteiger partial charge in [0, 0.05) is 13.1 Å². The molecule has 2 bridgehead atoms. The fraction of sp³-hybridized carbons (Fsp3) is 0.727. The minimum atomic E-state index is -3.54. The molecule has 1 N–H and O–H groups in total. The number of aromatic amines is 1. The van der Waals surface area contributed by atoms with Crippen molar-refractivity contribution < 1.29 is 13.2 Å². The van der Waals surface area contributed by atoms with E-state index in [-0.39, 0.29) is 23.0 Å². The molecular formula is C11H16ClN3O3S. The van der Waals surface area contributed by atoms with Crippen molar-refractivity contribution >= 4 is 21.6 Å². The maximum absolute atomic E-state index is 12.7. The summed E-state index contributed by atoms with van der Waals surface area (Å²) in [5.74, 6) is 0.0795. The minimum Gasteiger partial charge on any atom is -0.372 e. The lowest BCUT2D eigenvalue weighted by Crippen LogP contribution is -2.45. The average molecular weight is 306 g/mol. The lowest BCUT2D eigenvalue weighted by Gasteiger charge is -2.31. The first-order valence-electron chi connectivity index (χ1n) is 6.27. The molecule has 1 aromatic heterocycles. The lowest BCUT2D eigenvalue weighted by molar-refractivity contribution is -0.0114. The third-order valence-corrected chi connectivity index (χ3v) is 5.98. The van der Waals surface area contributed by atoms with Crippen molar-refractivity contribution in [3.63, 3.8) is 0 Å². The van der Waals surface area contributed by atoms with Gasteiger partial charge in [-0.05, 0) is 19.8 Å². The number of fused-ring (bicyclic) bond motifs is 2. The van der Waals surface area contributed by atoms with E-state index >= 15 is 0 Å². The number of rotatable bonds is 3. The molecule has 2 aliphatic heterocycles. The van der Waals surface area contributed by atoms with E-state index < -0.39 is 10.0 Å². The van der Waals surface area contributed by atoms with Crippen molar-refractivity contribution in [3.8, 4) is 0 Å². The number of aromatic nitrogens is 2. The van der Waals surface area contributed by atoms with Crippen LogP contribution < -0.4 is 0 Å². The van der Waals surface area contributed by atoms with Gasteiger partial charge < -0.3 is 4.74 Å². The molecule has 106 valence electrons. The van der Waals surface area contributed by atoms with Gasteiger partial charge in [0.05, 0.1) is 29.5 Å². The third kappa shape index (κ3) is 2.18. The van der Waals surface area contributed by atoms with Gasteiger partial charge in [0.1, 0.15) is 4.90 Å².